The van der Waals surface area contributed by atoms with Gasteiger partial charge in [-0.3, -0.25) is 4.79 Å². The largest absolute Gasteiger partial charge is 0.493 e. The summed E-state index contributed by atoms with van der Waals surface area (Å²) in [6.07, 6.45) is 1.22. The smallest absolute Gasteiger partial charge is 0.339 e. The summed E-state index contributed by atoms with van der Waals surface area (Å²) in [6.45, 7) is 2.42. The average molecular weight is 301 g/mol. The first-order valence-electron chi connectivity index (χ1n) is 7.01. The van der Waals surface area contributed by atoms with Crippen molar-refractivity contribution in [1.82, 2.24) is 0 Å². The van der Waals surface area contributed by atoms with Crippen LogP contribution in [0.3, 0.4) is 0 Å². The molecule has 0 atom stereocenters. The highest BCUT2D eigenvalue weighted by Crippen LogP contribution is 2.28. The lowest BCUT2D eigenvalue weighted by molar-refractivity contribution is 0.0694. The first-order chi connectivity index (χ1) is 10.6. The van der Waals surface area contributed by atoms with Crippen LogP contribution in [0.4, 0.5) is 5.69 Å². The molecule has 22 heavy (non-hydrogen) atoms. The standard InChI is InChI=1S/C16H15NO5/c1-2-12-11(16(19)20)8-14(22-12)15(18)17-10-3-4-13-9(7-10)5-6-21-13/h3-4,7-8H,2,5-6H2,1H3,(H,17,18)(H,19,20). The molecule has 1 amide bonds. The van der Waals surface area contributed by atoms with Crippen molar-refractivity contribution in [3.8, 4) is 5.75 Å². The van der Waals surface area contributed by atoms with Gasteiger partial charge in [0.2, 0.25) is 0 Å². The quantitative estimate of drug-likeness (QED) is 0.906. The highest BCUT2D eigenvalue weighted by atomic mass is 16.5. The fourth-order valence-corrected chi connectivity index (χ4v) is 2.44. The van der Waals surface area contributed by atoms with Gasteiger partial charge < -0.3 is 19.6 Å². The van der Waals surface area contributed by atoms with Crippen LogP contribution in [0.2, 0.25) is 0 Å². The molecular weight excluding hydrogens is 286 g/mol. The van der Waals surface area contributed by atoms with E-state index in [1.165, 1.54) is 6.07 Å². The van der Waals surface area contributed by atoms with E-state index in [1.54, 1.807) is 19.1 Å². The molecule has 1 aliphatic heterocycles. The summed E-state index contributed by atoms with van der Waals surface area (Å²) in [7, 11) is 0. The number of ether oxygens (including phenoxy) is 1. The minimum absolute atomic E-state index is 0.00833. The molecule has 2 heterocycles. The van der Waals surface area contributed by atoms with Crippen LogP contribution in [0, 0.1) is 0 Å². The fraction of sp³-hybridized carbons (Fsp3) is 0.250. The minimum atomic E-state index is -1.10. The molecule has 1 aromatic heterocycles. The number of rotatable bonds is 4. The Hall–Kier alpha value is -2.76. The van der Waals surface area contributed by atoms with Gasteiger partial charge in [0.1, 0.15) is 17.1 Å². The average Bonchev–Trinajstić information content (AvgIpc) is 3.13. The molecule has 1 aromatic carbocycles. The zero-order chi connectivity index (χ0) is 15.7. The van der Waals surface area contributed by atoms with Gasteiger partial charge in [-0.15, -0.1) is 0 Å². The Bertz CT molecular complexity index is 747. The molecule has 3 rings (SSSR count). The van der Waals surface area contributed by atoms with Gasteiger partial charge in [0.25, 0.3) is 5.91 Å². The van der Waals surface area contributed by atoms with Crippen LogP contribution in [0.15, 0.2) is 28.7 Å². The lowest BCUT2D eigenvalue weighted by Crippen LogP contribution is -2.11. The van der Waals surface area contributed by atoms with Crippen molar-refractivity contribution in [2.24, 2.45) is 0 Å². The van der Waals surface area contributed by atoms with Crippen LogP contribution < -0.4 is 10.1 Å². The van der Waals surface area contributed by atoms with Gasteiger partial charge in [0.05, 0.1) is 6.61 Å². The van der Waals surface area contributed by atoms with Crippen LogP contribution in [0.5, 0.6) is 5.75 Å². The third-order valence-electron chi connectivity index (χ3n) is 3.53. The van der Waals surface area contributed by atoms with Crippen molar-refractivity contribution in [1.29, 1.82) is 0 Å². The number of nitrogens with one attached hydrogen (secondary N) is 1. The number of carboxylic acid groups (broad SMARTS) is 1. The van der Waals surface area contributed by atoms with Gasteiger partial charge in [0, 0.05) is 24.6 Å². The van der Waals surface area contributed by atoms with E-state index in [1.807, 2.05) is 6.07 Å². The Morgan fingerprint density at radius 2 is 2.14 bits per heavy atom. The number of aromatic carboxylic acids is 1. The molecule has 1 aliphatic rings. The summed E-state index contributed by atoms with van der Waals surface area (Å²) in [6, 6.07) is 6.65. The maximum atomic E-state index is 12.2. The lowest BCUT2D eigenvalue weighted by atomic mass is 10.1. The van der Waals surface area contributed by atoms with E-state index in [-0.39, 0.29) is 11.3 Å². The zero-order valence-electron chi connectivity index (χ0n) is 12.0. The van der Waals surface area contributed by atoms with Crippen LogP contribution in [0.1, 0.15) is 39.2 Å². The molecule has 0 aliphatic carbocycles. The number of aryl methyl sites for hydroxylation is 1. The maximum absolute atomic E-state index is 12.2. The van der Waals surface area contributed by atoms with Crippen molar-refractivity contribution >= 4 is 17.6 Å². The third kappa shape index (κ3) is 2.55. The molecule has 0 bridgehead atoms. The SMILES string of the molecule is CCc1oc(C(=O)Nc2ccc3c(c2)CCO3)cc1C(=O)O. The normalized spacial score (nSPS) is 12.6. The number of carbonyl (C=O) groups excluding carboxylic acids is 1. The van der Waals surface area contributed by atoms with Gasteiger partial charge in [-0.25, -0.2) is 4.79 Å². The first-order valence-corrected chi connectivity index (χ1v) is 7.01. The van der Waals surface area contributed by atoms with E-state index in [4.69, 9.17) is 14.3 Å². The Morgan fingerprint density at radius 3 is 2.82 bits per heavy atom. The van der Waals surface area contributed by atoms with Crippen molar-refractivity contribution in [3.05, 3.63) is 46.9 Å². The van der Waals surface area contributed by atoms with Crippen molar-refractivity contribution in [3.63, 3.8) is 0 Å². The van der Waals surface area contributed by atoms with Crippen molar-refractivity contribution in [2.75, 3.05) is 11.9 Å². The second kappa shape index (κ2) is 5.55. The van der Waals surface area contributed by atoms with Crippen LogP contribution in [-0.2, 0) is 12.8 Å². The van der Waals surface area contributed by atoms with E-state index >= 15 is 0 Å². The molecule has 0 saturated carbocycles. The Balaban J connectivity index is 1.81. The van der Waals surface area contributed by atoms with Gasteiger partial charge in [0.15, 0.2) is 5.76 Å². The summed E-state index contributed by atoms with van der Waals surface area (Å²) in [4.78, 5) is 23.3. The molecule has 0 fully saturated rings. The number of carboxylic acids is 1. The molecular formula is C16H15NO5. The van der Waals surface area contributed by atoms with Crippen molar-refractivity contribution in [2.45, 2.75) is 19.8 Å². The fourth-order valence-electron chi connectivity index (χ4n) is 2.44. The van der Waals surface area contributed by atoms with Crippen LogP contribution in [-0.4, -0.2) is 23.6 Å². The van der Waals surface area contributed by atoms with Gasteiger partial charge in [-0.1, -0.05) is 6.92 Å². The van der Waals surface area contributed by atoms with Crippen molar-refractivity contribution < 1.29 is 23.8 Å². The Kier molecular flexibility index (Phi) is 3.58. The second-order valence-electron chi connectivity index (χ2n) is 4.98. The van der Waals surface area contributed by atoms with E-state index in [0.29, 0.717) is 24.5 Å². The summed E-state index contributed by atoms with van der Waals surface area (Å²) in [5.41, 5.74) is 1.69. The molecule has 0 unspecified atom stereocenters. The number of carbonyl (C=O) groups is 2. The Morgan fingerprint density at radius 1 is 1.32 bits per heavy atom. The summed E-state index contributed by atoms with van der Waals surface area (Å²) >= 11 is 0. The third-order valence-corrected chi connectivity index (χ3v) is 3.53. The maximum Gasteiger partial charge on any atom is 0.339 e. The summed E-state index contributed by atoms with van der Waals surface area (Å²) < 4.78 is 10.7. The number of furan rings is 1. The lowest BCUT2D eigenvalue weighted by Gasteiger charge is -2.05. The monoisotopic (exact) mass is 301 g/mol. The predicted octanol–water partition coefficient (Wildman–Crippen LogP) is 2.73. The molecule has 6 nitrogen and oxygen atoms in total. The second-order valence-corrected chi connectivity index (χ2v) is 4.98. The summed E-state index contributed by atoms with van der Waals surface area (Å²) in [5, 5.41) is 11.8. The topological polar surface area (TPSA) is 88.8 Å². The molecule has 6 heteroatoms. The molecule has 114 valence electrons. The van der Waals surface area contributed by atoms with E-state index in [2.05, 4.69) is 5.32 Å². The molecule has 0 saturated heterocycles. The first kappa shape index (κ1) is 14.2. The number of benzene rings is 1. The van der Waals surface area contributed by atoms with Gasteiger partial charge in [-0.2, -0.15) is 0 Å². The van der Waals surface area contributed by atoms with Crippen LogP contribution in [0.25, 0.3) is 0 Å². The van der Waals surface area contributed by atoms with E-state index in [9.17, 15) is 9.59 Å². The molecule has 0 spiro atoms. The minimum Gasteiger partial charge on any atom is -0.493 e. The van der Waals surface area contributed by atoms with E-state index in [0.717, 1.165) is 17.7 Å². The number of hydrogen-bond donors (Lipinski definition) is 2. The molecule has 2 aromatic rings. The highest BCUT2D eigenvalue weighted by Gasteiger charge is 2.20. The van der Waals surface area contributed by atoms with Crippen LogP contribution >= 0.6 is 0 Å². The number of amides is 1. The number of anilines is 1. The zero-order valence-corrected chi connectivity index (χ0v) is 12.0. The highest BCUT2D eigenvalue weighted by molar-refractivity contribution is 6.04. The predicted molar refractivity (Wildman–Crippen MR) is 78.6 cm³/mol. The van der Waals surface area contributed by atoms with Gasteiger partial charge >= 0.3 is 5.97 Å². The number of fused-ring (bicyclic) bond motifs is 1. The summed E-state index contributed by atoms with van der Waals surface area (Å²) in [5.74, 6) is -0.459. The Labute approximate surface area is 126 Å². The molecule has 0 radical (unpaired) electrons. The number of hydrogen-bond acceptors (Lipinski definition) is 4. The van der Waals surface area contributed by atoms with E-state index < -0.39 is 11.9 Å². The molecule has 2 N–H and O–H groups in total. The van der Waals surface area contributed by atoms with Gasteiger partial charge in [-0.05, 0) is 23.8 Å².